The molecule has 2 aromatic rings. The molecule has 0 aromatic heterocycles. The summed E-state index contributed by atoms with van der Waals surface area (Å²) in [7, 11) is 1.64. The number of amides is 1. The van der Waals surface area contributed by atoms with Crippen LogP contribution in [0.1, 0.15) is 11.1 Å². The minimum Gasteiger partial charge on any atom is -0.497 e. The average Bonchev–Trinajstić information content (AvgIpc) is 2.48. The van der Waals surface area contributed by atoms with E-state index in [0.29, 0.717) is 12.8 Å². The summed E-state index contributed by atoms with van der Waals surface area (Å²) in [5.41, 5.74) is 7.74. The van der Waals surface area contributed by atoms with Crippen LogP contribution < -0.4 is 10.5 Å². The van der Waals surface area contributed by atoms with Gasteiger partial charge >= 0.3 is 0 Å². The Labute approximate surface area is 119 Å². The first-order chi connectivity index (χ1) is 9.69. The molecule has 0 saturated heterocycles. The molecular weight excluding hydrogens is 250 g/mol. The highest BCUT2D eigenvalue weighted by Gasteiger charge is 2.16. The number of nitrogens with two attached hydrogens (primary N) is 1. The number of hydrogen-bond donors (Lipinski definition) is 1. The Balaban J connectivity index is 2.07. The second-order valence-corrected chi connectivity index (χ2v) is 4.84. The zero-order valence-electron chi connectivity index (χ0n) is 11.6. The van der Waals surface area contributed by atoms with Crippen LogP contribution in [0.3, 0.4) is 0 Å². The van der Waals surface area contributed by atoms with E-state index in [9.17, 15) is 4.79 Å². The highest BCUT2D eigenvalue weighted by molar-refractivity contribution is 5.77. The summed E-state index contributed by atoms with van der Waals surface area (Å²) in [6.45, 7) is 0. The Morgan fingerprint density at radius 1 is 1.00 bits per heavy atom. The fourth-order valence-electron chi connectivity index (χ4n) is 2.22. The van der Waals surface area contributed by atoms with Crippen molar-refractivity contribution >= 4 is 5.91 Å². The summed E-state index contributed by atoms with van der Waals surface area (Å²) in [4.78, 5) is 11.6. The molecule has 104 valence electrons. The molecule has 0 fully saturated rings. The molecule has 0 aliphatic carbocycles. The largest absolute Gasteiger partial charge is 0.497 e. The topological polar surface area (TPSA) is 52.3 Å². The maximum atomic E-state index is 11.6. The van der Waals surface area contributed by atoms with Gasteiger partial charge in [0.2, 0.25) is 5.91 Å². The highest BCUT2D eigenvalue weighted by atomic mass is 16.5. The lowest BCUT2D eigenvalue weighted by Gasteiger charge is -2.14. The molecule has 2 rings (SSSR count). The van der Waals surface area contributed by atoms with Crippen molar-refractivity contribution in [3.05, 3.63) is 65.7 Å². The molecule has 0 aliphatic rings. The number of primary amides is 1. The average molecular weight is 269 g/mol. The van der Waals surface area contributed by atoms with Gasteiger partial charge in [-0.05, 0) is 36.1 Å². The van der Waals surface area contributed by atoms with E-state index in [1.54, 1.807) is 7.11 Å². The predicted octanol–water partition coefficient (Wildman–Crippen LogP) is 2.58. The van der Waals surface area contributed by atoms with Crippen molar-refractivity contribution in [1.29, 1.82) is 0 Å². The third-order valence-corrected chi connectivity index (χ3v) is 3.37. The zero-order chi connectivity index (χ0) is 14.4. The van der Waals surface area contributed by atoms with E-state index < -0.39 is 0 Å². The van der Waals surface area contributed by atoms with Gasteiger partial charge in [-0.15, -0.1) is 0 Å². The molecule has 2 N–H and O–H groups in total. The molecule has 1 amide bonds. The van der Waals surface area contributed by atoms with Gasteiger partial charge in [-0.2, -0.15) is 0 Å². The molecule has 3 heteroatoms. The summed E-state index contributed by atoms with van der Waals surface area (Å²) >= 11 is 0. The summed E-state index contributed by atoms with van der Waals surface area (Å²) in [5, 5.41) is 0. The zero-order valence-corrected chi connectivity index (χ0v) is 11.6. The lowest BCUT2D eigenvalue weighted by molar-refractivity contribution is -0.121. The number of rotatable bonds is 6. The van der Waals surface area contributed by atoms with Gasteiger partial charge in [0.1, 0.15) is 5.75 Å². The number of methoxy groups -OCH3 is 1. The summed E-state index contributed by atoms with van der Waals surface area (Å²) in [5.74, 6) is 0.364. The fraction of sp³-hybridized carbons (Fsp3) is 0.235. The van der Waals surface area contributed by atoms with Crippen LogP contribution in [0.2, 0.25) is 0 Å². The maximum absolute atomic E-state index is 11.6. The summed E-state index contributed by atoms with van der Waals surface area (Å²) < 4.78 is 5.13. The molecule has 0 saturated carbocycles. The van der Waals surface area contributed by atoms with Crippen LogP contribution >= 0.6 is 0 Å². The van der Waals surface area contributed by atoms with Crippen LogP contribution in [0.4, 0.5) is 0 Å². The maximum Gasteiger partial charge on any atom is 0.221 e. The van der Waals surface area contributed by atoms with Gasteiger partial charge in [-0.1, -0.05) is 42.5 Å². The van der Waals surface area contributed by atoms with Crippen molar-refractivity contribution in [1.82, 2.24) is 0 Å². The van der Waals surface area contributed by atoms with Gasteiger partial charge in [0, 0.05) is 5.92 Å². The van der Waals surface area contributed by atoms with E-state index in [-0.39, 0.29) is 11.8 Å². The van der Waals surface area contributed by atoms with Crippen LogP contribution in [0, 0.1) is 5.92 Å². The molecule has 1 atom stereocenters. The molecule has 0 bridgehead atoms. The van der Waals surface area contributed by atoms with Crippen molar-refractivity contribution < 1.29 is 9.53 Å². The van der Waals surface area contributed by atoms with E-state index in [4.69, 9.17) is 10.5 Å². The van der Waals surface area contributed by atoms with E-state index in [0.717, 1.165) is 16.9 Å². The van der Waals surface area contributed by atoms with E-state index in [2.05, 4.69) is 0 Å². The van der Waals surface area contributed by atoms with Gasteiger partial charge in [-0.25, -0.2) is 0 Å². The van der Waals surface area contributed by atoms with Crippen molar-refractivity contribution in [3.8, 4) is 5.75 Å². The first kappa shape index (κ1) is 14.1. The molecule has 2 aromatic carbocycles. The minimum absolute atomic E-state index is 0.189. The Hall–Kier alpha value is -2.29. The van der Waals surface area contributed by atoms with Gasteiger partial charge < -0.3 is 10.5 Å². The Morgan fingerprint density at radius 2 is 1.55 bits per heavy atom. The SMILES string of the molecule is COc1ccc(CC(Cc2ccccc2)C(N)=O)cc1. The molecule has 0 spiro atoms. The molecule has 0 heterocycles. The van der Waals surface area contributed by atoms with Crippen LogP contribution in [0.15, 0.2) is 54.6 Å². The van der Waals surface area contributed by atoms with Gasteiger partial charge in [0.05, 0.1) is 7.11 Å². The summed E-state index contributed by atoms with van der Waals surface area (Å²) in [6.07, 6.45) is 1.32. The first-order valence-electron chi connectivity index (χ1n) is 6.65. The van der Waals surface area contributed by atoms with Gasteiger partial charge in [0.15, 0.2) is 0 Å². The smallest absolute Gasteiger partial charge is 0.221 e. The Bertz CT molecular complexity index is 549. The van der Waals surface area contributed by atoms with Crippen molar-refractivity contribution in [3.63, 3.8) is 0 Å². The second kappa shape index (κ2) is 6.75. The quantitative estimate of drug-likeness (QED) is 0.876. The number of hydrogen-bond acceptors (Lipinski definition) is 2. The van der Waals surface area contributed by atoms with E-state index in [1.165, 1.54) is 0 Å². The van der Waals surface area contributed by atoms with Gasteiger partial charge in [-0.3, -0.25) is 4.79 Å². The Kier molecular flexibility index (Phi) is 4.77. The minimum atomic E-state index is -0.260. The first-order valence-corrected chi connectivity index (χ1v) is 6.65. The fourth-order valence-corrected chi connectivity index (χ4v) is 2.22. The van der Waals surface area contributed by atoms with Crippen molar-refractivity contribution in [2.45, 2.75) is 12.8 Å². The van der Waals surface area contributed by atoms with Crippen LogP contribution in [0.25, 0.3) is 0 Å². The third-order valence-electron chi connectivity index (χ3n) is 3.37. The number of ether oxygens (including phenoxy) is 1. The number of carbonyl (C=O) groups is 1. The van der Waals surface area contributed by atoms with Crippen LogP contribution in [-0.2, 0) is 17.6 Å². The van der Waals surface area contributed by atoms with Crippen LogP contribution in [-0.4, -0.2) is 13.0 Å². The van der Waals surface area contributed by atoms with E-state index >= 15 is 0 Å². The number of benzene rings is 2. The van der Waals surface area contributed by atoms with Crippen molar-refractivity contribution in [2.75, 3.05) is 7.11 Å². The molecule has 3 nitrogen and oxygen atoms in total. The van der Waals surface area contributed by atoms with Gasteiger partial charge in [0.25, 0.3) is 0 Å². The number of carbonyl (C=O) groups excluding carboxylic acids is 1. The molecule has 20 heavy (non-hydrogen) atoms. The molecule has 0 aliphatic heterocycles. The predicted molar refractivity (Wildman–Crippen MR) is 79.5 cm³/mol. The van der Waals surface area contributed by atoms with Crippen LogP contribution in [0.5, 0.6) is 5.75 Å². The normalized spacial score (nSPS) is 11.8. The van der Waals surface area contributed by atoms with Crippen molar-refractivity contribution in [2.24, 2.45) is 11.7 Å². The lowest BCUT2D eigenvalue weighted by atomic mass is 9.92. The Morgan fingerprint density at radius 3 is 2.05 bits per heavy atom. The van der Waals surface area contributed by atoms with E-state index in [1.807, 2.05) is 54.6 Å². The third kappa shape index (κ3) is 3.85. The second-order valence-electron chi connectivity index (χ2n) is 4.84. The molecular formula is C17H19NO2. The summed E-state index contributed by atoms with van der Waals surface area (Å²) in [6, 6.07) is 17.7. The molecule has 1 unspecified atom stereocenters. The highest BCUT2D eigenvalue weighted by Crippen LogP contribution is 2.17. The monoisotopic (exact) mass is 269 g/mol. The molecule has 0 radical (unpaired) electrons. The lowest BCUT2D eigenvalue weighted by Crippen LogP contribution is -2.27. The standard InChI is InChI=1S/C17H19NO2/c1-20-16-9-7-14(8-10-16)12-15(17(18)19)11-13-5-3-2-4-6-13/h2-10,15H,11-12H2,1H3,(H2,18,19).